The van der Waals surface area contributed by atoms with E-state index in [0.29, 0.717) is 6.54 Å². The molecule has 4 nitrogen and oxygen atoms in total. The zero-order valence-electron chi connectivity index (χ0n) is 14.5. The topological polar surface area (TPSA) is 43.3 Å². The third kappa shape index (κ3) is 4.62. The van der Waals surface area contributed by atoms with Gasteiger partial charge in [-0.1, -0.05) is 17.7 Å². The minimum absolute atomic E-state index is 0.372. The number of ether oxygens (including phenoxy) is 1. The lowest BCUT2D eigenvalue weighted by Gasteiger charge is -2.19. The lowest BCUT2D eigenvalue weighted by Crippen LogP contribution is -2.33. The van der Waals surface area contributed by atoms with Gasteiger partial charge in [-0.15, -0.1) is 6.58 Å². The third-order valence-corrected chi connectivity index (χ3v) is 3.51. The summed E-state index contributed by atoms with van der Waals surface area (Å²) in [6.45, 7) is 12.8. The average Bonchev–Trinajstić information content (AvgIpc) is 2.75. The minimum Gasteiger partial charge on any atom is -0.444 e. The van der Waals surface area contributed by atoms with E-state index in [1.54, 1.807) is 0 Å². The van der Waals surface area contributed by atoms with E-state index in [2.05, 4.69) is 47.8 Å². The first-order chi connectivity index (χ1) is 10.8. The summed E-state index contributed by atoms with van der Waals surface area (Å²) in [5.74, 6) is 0. The van der Waals surface area contributed by atoms with Crippen molar-refractivity contribution >= 4 is 17.0 Å². The van der Waals surface area contributed by atoms with Crippen LogP contribution in [0, 0.1) is 6.92 Å². The second-order valence-electron chi connectivity index (χ2n) is 6.79. The molecule has 2 aromatic rings. The standard InChI is InChI=1S/C19H26N2O2/c1-6-11-21-13-15(16-12-14(2)7-8-17(16)21)9-10-20-18(22)23-19(3,4)5/h6-8,12-13H,1,9-11H2,2-5H3,(H,20,22). The molecule has 0 spiro atoms. The van der Waals surface area contributed by atoms with Gasteiger partial charge in [0, 0.05) is 30.2 Å². The van der Waals surface area contributed by atoms with Crippen LogP contribution in [0.15, 0.2) is 37.1 Å². The van der Waals surface area contributed by atoms with Gasteiger partial charge in [0.15, 0.2) is 0 Å². The van der Waals surface area contributed by atoms with E-state index >= 15 is 0 Å². The number of allylic oxidation sites excluding steroid dienone is 1. The first-order valence-corrected chi connectivity index (χ1v) is 7.96. The van der Waals surface area contributed by atoms with Crippen LogP contribution in [0.2, 0.25) is 0 Å². The van der Waals surface area contributed by atoms with Gasteiger partial charge in [0.05, 0.1) is 0 Å². The predicted molar refractivity (Wildman–Crippen MR) is 94.8 cm³/mol. The molecule has 1 aromatic heterocycles. The van der Waals surface area contributed by atoms with Crippen molar-refractivity contribution in [1.29, 1.82) is 0 Å². The van der Waals surface area contributed by atoms with Crippen LogP contribution >= 0.6 is 0 Å². The Morgan fingerprint density at radius 1 is 1.39 bits per heavy atom. The number of hydrogen-bond acceptors (Lipinski definition) is 2. The highest BCUT2D eigenvalue weighted by Gasteiger charge is 2.16. The van der Waals surface area contributed by atoms with Gasteiger partial charge in [0.25, 0.3) is 0 Å². The molecule has 1 amide bonds. The van der Waals surface area contributed by atoms with Crippen LogP contribution < -0.4 is 5.32 Å². The molecule has 0 atom stereocenters. The number of hydrogen-bond donors (Lipinski definition) is 1. The fourth-order valence-electron chi connectivity index (χ4n) is 2.59. The van der Waals surface area contributed by atoms with E-state index < -0.39 is 5.60 Å². The predicted octanol–water partition coefficient (Wildman–Crippen LogP) is 4.20. The number of aromatic nitrogens is 1. The van der Waals surface area contributed by atoms with E-state index in [1.807, 2.05) is 26.8 Å². The molecule has 0 fully saturated rings. The maximum absolute atomic E-state index is 11.7. The number of amides is 1. The van der Waals surface area contributed by atoms with Crippen LogP contribution in [0.1, 0.15) is 31.9 Å². The van der Waals surface area contributed by atoms with Crippen molar-refractivity contribution in [3.05, 3.63) is 48.2 Å². The van der Waals surface area contributed by atoms with Crippen LogP contribution in [-0.4, -0.2) is 22.8 Å². The van der Waals surface area contributed by atoms with Crippen LogP contribution in [0.5, 0.6) is 0 Å². The molecule has 0 saturated carbocycles. The van der Waals surface area contributed by atoms with Crippen molar-refractivity contribution in [2.45, 2.75) is 46.3 Å². The zero-order valence-corrected chi connectivity index (χ0v) is 14.5. The summed E-state index contributed by atoms with van der Waals surface area (Å²) in [5.41, 5.74) is 3.18. The maximum atomic E-state index is 11.7. The highest BCUT2D eigenvalue weighted by molar-refractivity contribution is 5.85. The Labute approximate surface area is 138 Å². The minimum atomic E-state index is -0.471. The number of alkyl carbamates (subject to hydrolysis) is 1. The van der Waals surface area contributed by atoms with E-state index in [9.17, 15) is 4.79 Å². The van der Waals surface area contributed by atoms with E-state index in [-0.39, 0.29) is 6.09 Å². The summed E-state index contributed by atoms with van der Waals surface area (Å²) in [4.78, 5) is 11.7. The number of rotatable bonds is 5. The molecule has 0 aliphatic heterocycles. The van der Waals surface area contributed by atoms with Gasteiger partial charge in [0.2, 0.25) is 0 Å². The second kappa shape index (κ2) is 6.90. The molecule has 0 saturated heterocycles. The van der Waals surface area contributed by atoms with Crippen molar-refractivity contribution in [1.82, 2.24) is 9.88 Å². The lowest BCUT2D eigenvalue weighted by atomic mass is 10.1. The molecule has 0 radical (unpaired) electrons. The fraction of sp³-hybridized carbons (Fsp3) is 0.421. The van der Waals surface area contributed by atoms with Crippen LogP contribution in [0.25, 0.3) is 10.9 Å². The second-order valence-corrected chi connectivity index (χ2v) is 6.79. The fourth-order valence-corrected chi connectivity index (χ4v) is 2.59. The molecule has 0 unspecified atom stereocenters. The quantitative estimate of drug-likeness (QED) is 0.840. The normalized spacial score (nSPS) is 11.5. The van der Waals surface area contributed by atoms with E-state index in [1.165, 1.54) is 22.0 Å². The van der Waals surface area contributed by atoms with Crippen molar-refractivity contribution < 1.29 is 9.53 Å². The van der Waals surface area contributed by atoms with Crippen molar-refractivity contribution in [2.75, 3.05) is 6.54 Å². The molecular formula is C19H26N2O2. The Kier molecular flexibility index (Phi) is 5.14. The Morgan fingerprint density at radius 2 is 2.13 bits per heavy atom. The first-order valence-electron chi connectivity index (χ1n) is 7.96. The van der Waals surface area contributed by atoms with Crippen LogP contribution in [0.4, 0.5) is 4.79 Å². The van der Waals surface area contributed by atoms with E-state index in [4.69, 9.17) is 4.74 Å². The number of carbonyl (C=O) groups excluding carboxylic acids is 1. The molecular weight excluding hydrogens is 288 g/mol. The molecule has 0 aliphatic carbocycles. The molecule has 23 heavy (non-hydrogen) atoms. The van der Waals surface area contributed by atoms with Gasteiger partial charge in [-0.2, -0.15) is 0 Å². The SMILES string of the molecule is C=CCn1cc(CCNC(=O)OC(C)(C)C)c2cc(C)ccc21. The van der Waals surface area contributed by atoms with Crippen LogP contribution in [-0.2, 0) is 17.7 Å². The monoisotopic (exact) mass is 314 g/mol. The largest absolute Gasteiger partial charge is 0.444 e. The van der Waals surface area contributed by atoms with Crippen molar-refractivity contribution in [3.63, 3.8) is 0 Å². The Morgan fingerprint density at radius 3 is 2.78 bits per heavy atom. The zero-order chi connectivity index (χ0) is 17.0. The number of nitrogens with one attached hydrogen (secondary N) is 1. The van der Waals surface area contributed by atoms with Crippen molar-refractivity contribution in [3.8, 4) is 0 Å². The summed E-state index contributed by atoms with van der Waals surface area (Å²) >= 11 is 0. The first kappa shape index (κ1) is 17.1. The van der Waals surface area contributed by atoms with Gasteiger partial charge in [-0.3, -0.25) is 0 Å². The van der Waals surface area contributed by atoms with Gasteiger partial charge >= 0.3 is 6.09 Å². The number of aryl methyl sites for hydroxylation is 1. The lowest BCUT2D eigenvalue weighted by molar-refractivity contribution is 0.0528. The van der Waals surface area contributed by atoms with Gasteiger partial charge in [-0.05, 0) is 51.8 Å². The summed E-state index contributed by atoms with van der Waals surface area (Å²) < 4.78 is 7.44. The maximum Gasteiger partial charge on any atom is 0.407 e. The van der Waals surface area contributed by atoms with E-state index in [0.717, 1.165) is 13.0 Å². The highest BCUT2D eigenvalue weighted by atomic mass is 16.6. The van der Waals surface area contributed by atoms with Gasteiger partial charge < -0.3 is 14.6 Å². The number of nitrogens with zero attached hydrogens (tertiary/aromatic N) is 1. The molecule has 124 valence electrons. The molecule has 1 aromatic carbocycles. The summed E-state index contributed by atoms with van der Waals surface area (Å²) in [6.07, 6.45) is 4.43. The van der Waals surface area contributed by atoms with Crippen molar-refractivity contribution in [2.24, 2.45) is 0 Å². The summed E-state index contributed by atoms with van der Waals surface area (Å²) in [6, 6.07) is 6.45. The molecule has 1 heterocycles. The number of fused-ring (bicyclic) bond motifs is 1. The van der Waals surface area contributed by atoms with Gasteiger partial charge in [0.1, 0.15) is 5.60 Å². The summed E-state index contributed by atoms with van der Waals surface area (Å²) in [5, 5.41) is 4.05. The molecule has 1 N–H and O–H groups in total. The summed E-state index contributed by atoms with van der Waals surface area (Å²) in [7, 11) is 0. The van der Waals surface area contributed by atoms with Gasteiger partial charge in [-0.25, -0.2) is 4.79 Å². The average molecular weight is 314 g/mol. The molecule has 2 rings (SSSR count). The number of benzene rings is 1. The van der Waals surface area contributed by atoms with Crippen LogP contribution in [0.3, 0.4) is 0 Å². The Balaban J connectivity index is 2.09. The Bertz CT molecular complexity index is 708. The highest BCUT2D eigenvalue weighted by Crippen LogP contribution is 2.23. The third-order valence-electron chi connectivity index (χ3n) is 3.51. The molecule has 0 bridgehead atoms. The Hall–Kier alpha value is -2.23. The number of carbonyl (C=O) groups is 1. The molecule has 4 heteroatoms. The smallest absolute Gasteiger partial charge is 0.407 e. The molecule has 0 aliphatic rings.